The van der Waals surface area contributed by atoms with Crippen molar-refractivity contribution in [2.75, 3.05) is 18.1 Å². The van der Waals surface area contributed by atoms with E-state index in [2.05, 4.69) is 23.8 Å². The van der Waals surface area contributed by atoms with Crippen LogP contribution in [0, 0.1) is 0 Å². The van der Waals surface area contributed by atoms with Gasteiger partial charge in [-0.1, -0.05) is 6.42 Å². The highest BCUT2D eigenvalue weighted by atomic mass is 32.2. The van der Waals surface area contributed by atoms with Crippen molar-refractivity contribution < 1.29 is 4.79 Å². The second kappa shape index (κ2) is 7.58. The molecule has 0 spiro atoms. The van der Waals surface area contributed by atoms with Gasteiger partial charge in [-0.2, -0.15) is 11.8 Å². The molecule has 1 aromatic carbocycles. The average Bonchev–Trinajstić information content (AvgIpc) is 2.48. The fourth-order valence-electron chi connectivity index (χ4n) is 2.70. The molecular formula is C16H24N2OS. The van der Waals surface area contributed by atoms with E-state index in [1.807, 2.05) is 36.0 Å². The zero-order chi connectivity index (χ0) is 14.4. The molecule has 1 aromatic rings. The second-order valence-electron chi connectivity index (χ2n) is 5.30. The Balaban J connectivity index is 1.90. The van der Waals surface area contributed by atoms with Crippen LogP contribution in [0.25, 0.3) is 0 Å². The maximum absolute atomic E-state index is 12.2. The Kier molecular flexibility index (Phi) is 5.77. The minimum atomic E-state index is 0.0554. The van der Waals surface area contributed by atoms with Gasteiger partial charge in [0.1, 0.15) is 0 Å². The van der Waals surface area contributed by atoms with E-state index in [0.717, 1.165) is 30.6 Å². The Morgan fingerprint density at radius 3 is 2.70 bits per heavy atom. The van der Waals surface area contributed by atoms with Crippen molar-refractivity contribution in [3.8, 4) is 0 Å². The first-order chi connectivity index (χ1) is 9.72. The molecular weight excluding hydrogens is 268 g/mol. The number of anilines is 1. The first-order valence-electron chi connectivity index (χ1n) is 7.40. The fourth-order valence-corrected chi connectivity index (χ4v) is 3.53. The molecule has 2 N–H and O–H groups in total. The van der Waals surface area contributed by atoms with Gasteiger partial charge in [-0.15, -0.1) is 0 Å². The normalized spacial score (nSPS) is 22.3. The van der Waals surface area contributed by atoms with Gasteiger partial charge in [-0.05, 0) is 56.7 Å². The first kappa shape index (κ1) is 15.2. The van der Waals surface area contributed by atoms with E-state index >= 15 is 0 Å². The van der Waals surface area contributed by atoms with Crippen molar-refractivity contribution in [3.63, 3.8) is 0 Å². The minimum Gasteiger partial charge on any atom is -0.385 e. The molecule has 1 aliphatic carbocycles. The third-order valence-electron chi connectivity index (χ3n) is 3.82. The number of carbonyl (C=O) groups excluding carboxylic acids is 1. The predicted octanol–water partition coefficient (Wildman–Crippen LogP) is 3.52. The van der Waals surface area contributed by atoms with Gasteiger partial charge in [-0.25, -0.2) is 0 Å². The van der Waals surface area contributed by atoms with E-state index in [4.69, 9.17) is 0 Å². The summed E-state index contributed by atoms with van der Waals surface area (Å²) in [7, 11) is 0. The van der Waals surface area contributed by atoms with Crippen LogP contribution in [-0.4, -0.2) is 30.0 Å². The van der Waals surface area contributed by atoms with Crippen molar-refractivity contribution in [1.82, 2.24) is 5.32 Å². The van der Waals surface area contributed by atoms with E-state index < -0.39 is 0 Å². The standard InChI is InChI=1S/C16H24N2OS/c1-3-17-13-9-7-12(8-10-13)16(19)18-14-5-4-6-15(11-14)20-2/h7-10,14-15,17H,3-6,11H2,1-2H3,(H,18,19). The summed E-state index contributed by atoms with van der Waals surface area (Å²) < 4.78 is 0. The molecule has 0 heterocycles. The summed E-state index contributed by atoms with van der Waals surface area (Å²) in [5.41, 5.74) is 1.81. The van der Waals surface area contributed by atoms with Crippen LogP contribution in [0.15, 0.2) is 24.3 Å². The smallest absolute Gasteiger partial charge is 0.251 e. The largest absolute Gasteiger partial charge is 0.385 e. The highest BCUT2D eigenvalue weighted by Gasteiger charge is 2.22. The lowest BCUT2D eigenvalue weighted by molar-refractivity contribution is 0.0928. The Bertz CT molecular complexity index is 433. The monoisotopic (exact) mass is 292 g/mol. The molecule has 20 heavy (non-hydrogen) atoms. The van der Waals surface area contributed by atoms with Gasteiger partial charge in [0.2, 0.25) is 0 Å². The zero-order valence-electron chi connectivity index (χ0n) is 12.3. The van der Waals surface area contributed by atoms with Crippen LogP contribution in [0.4, 0.5) is 5.69 Å². The number of hydrogen-bond acceptors (Lipinski definition) is 3. The SMILES string of the molecule is CCNc1ccc(C(=O)NC2CCCC(SC)C2)cc1. The van der Waals surface area contributed by atoms with Gasteiger partial charge >= 0.3 is 0 Å². The quantitative estimate of drug-likeness (QED) is 0.872. The molecule has 0 bridgehead atoms. The van der Waals surface area contributed by atoms with Gasteiger partial charge in [0.25, 0.3) is 5.91 Å². The molecule has 2 unspecified atom stereocenters. The predicted molar refractivity (Wildman–Crippen MR) is 87.6 cm³/mol. The number of carbonyl (C=O) groups is 1. The van der Waals surface area contributed by atoms with Crippen LogP contribution in [-0.2, 0) is 0 Å². The van der Waals surface area contributed by atoms with Crippen molar-refractivity contribution in [1.29, 1.82) is 0 Å². The number of hydrogen-bond donors (Lipinski definition) is 2. The molecule has 4 heteroatoms. The Hall–Kier alpha value is -1.16. The molecule has 1 saturated carbocycles. The molecule has 2 atom stereocenters. The van der Waals surface area contributed by atoms with Crippen LogP contribution < -0.4 is 10.6 Å². The molecule has 3 nitrogen and oxygen atoms in total. The summed E-state index contributed by atoms with van der Waals surface area (Å²) >= 11 is 1.92. The zero-order valence-corrected chi connectivity index (χ0v) is 13.1. The second-order valence-corrected chi connectivity index (χ2v) is 6.44. The van der Waals surface area contributed by atoms with E-state index in [1.165, 1.54) is 12.8 Å². The molecule has 0 aliphatic heterocycles. The summed E-state index contributed by atoms with van der Waals surface area (Å²) in [6.07, 6.45) is 6.87. The van der Waals surface area contributed by atoms with E-state index in [0.29, 0.717) is 11.3 Å². The van der Waals surface area contributed by atoms with Gasteiger partial charge < -0.3 is 10.6 Å². The lowest BCUT2D eigenvalue weighted by Crippen LogP contribution is -2.39. The molecule has 1 aliphatic rings. The average molecular weight is 292 g/mol. The first-order valence-corrected chi connectivity index (χ1v) is 8.69. The van der Waals surface area contributed by atoms with Crippen LogP contribution in [0.1, 0.15) is 43.0 Å². The summed E-state index contributed by atoms with van der Waals surface area (Å²) in [6.45, 7) is 2.95. The summed E-state index contributed by atoms with van der Waals surface area (Å²) in [6, 6.07) is 8.04. The van der Waals surface area contributed by atoms with Crippen LogP contribution in [0.5, 0.6) is 0 Å². The van der Waals surface area contributed by atoms with Crippen LogP contribution in [0.2, 0.25) is 0 Å². The topological polar surface area (TPSA) is 41.1 Å². The van der Waals surface area contributed by atoms with Crippen molar-refractivity contribution >= 4 is 23.4 Å². The third kappa shape index (κ3) is 4.17. The van der Waals surface area contributed by atoms with Gasteiger partial charge in [0.05, 0.1) is 0 Å². The molecule has 0 aromatic heterocycles. The number of rotatable bonds is 5. The number of thioether (sulfide) groups is 1. The van der Waals surface area contributed by atoms with Crippen molar-refractivity contribution in [3.05, 3.63) is 29.8 Å². The maximum Gasteiger partial charge on any atom is 0.251 e. The molecule has 1 amide bonds. The lowest BCUT2D eigenvalue weighted by atomic mass is 9.94. The Labute approximate surface area is 125 Å². The lowest BCUT2D eigenvalue weighted by Gasteiger charge is -2.28. The van der Waals surface area contributed by atoms with Gasteiger partial charge in [0.15, 0.2) is 0 Å². The molecule has 0 saturated heterocycles. The van der Waals surface area contributed by atoms with Gasteiger partial charge in [-0.3, -0.25) is 4.79 Å². The minimum absolute atomic E-state index is 0.0554. The van der Waals surface area contributed by atoms with Crippen molar-refractivity contribution in [2.24, 2.45) is 0 Å². The van der Waals surface area contributed by atoms with E-state index in [9.17, 15) is 4.79 Å². The third-order valence-corrected chi connectivity index (χ3v) is 4.92. The van der Waals surface area contributed by atoms with Gasteiger partial charge in [0, 0.05) is 29.1 Å². The van der Waals surface area contributed by atoms with Crippen molar-refractivity contribution in [2.45, 2.75) is 43.9 Å². The van der Waals surface area contributed by atoms with E-state index in [-0.39, 0.29) is 5.91 Å². The van der Waals surface area contributed by atoms with E-state index in [1.54, 1.807) is 0 Å². The number of benzene rings is 1. The summed E-state index contributed by atoms with van der Waals surface area (Å²) in [4.78, 5) is 12.2. The number of amides is 1. The Morgan fingerprint density at radius 1 is 1.30 bits per heavy atom. The fraction of sp³-hybridized carbons (Fsp3) is 0.562. The summed E-state index contributed by atoms with van der Waals surface area (Å²) in [5, 5.41) is 7.11. The summed E-state index contributed by atoms with van der Waals surface area (Å²) in [5.74, 6) is 0.0554. The highest BCUT2D eigenvalue weighted by Crippen LogP contribution is 2.27. The Morgan fingerprint density at radius 2 is 2.05 bits per heavy atom. The van der Waals surface area contributed by atoms with Crippen LogP contribution >= 0.6 is 11.8 Å². The molecule has 110 valence electrons. The molecule has 2 rings (SSSR count). The highest BCUT2D eigenvalue weighted by molar-refractivity contribution is 7.99. The molecule has 1 fully saturated rings. The maximum atomic E-state index is 12.2. The number of nitrogens with one attached hydrogen (secondary N) is 2. The molecule has 0 radical (unpaired) electrons. The van der Waals surface area contributed by atoms with Crippen LogP contribution in [0.3, 0.4) is 0 Å².